The summed E-state index contributed by atoms with van der Waals surface area (Å²) < 4.78 is 16.9. The molecular weight excluding hydrogens is 853 g/mol. The van der Waals surface area contributed by atoms with Crippen LogP contribution in [0.4, 0.5) is 0 Å². The molecule has 0 saturated heterocycles. The summed E-state index contributed by atoms with van der Waals surface area (Å²) >= 11 is 0. The predicted molar refractivity (Wildman–Crippen MR) is 297 cm³/mol. The zero-order chi connectivity index (χ0) is 50.0. The standard InChI is InChI=1S/C63H108O6/c1-4-7-10-13-16-19-22-25-28-31-34-37-40-43-46-49-52-55-61(64)67-58-60(69-63(66)57-54-51-48-45-42-39-36-33-30-27-24-21-18-15-12-9-6-3)59-68-62(65)56-53-50-47-44-41-38-35-32-29-26-23-20-17-14-11-8-5-2/h7,9-10,12,16,18-19,21,25-30,60H,4-6,8,11,13-15,17,20,22-24,31-59H2,1-3H3/b10-7-,12-9-,19-16-,21-18-,28-25-,29-26-,30-27-. The van der Waals surface area contributed by atoms with Gasteiger partial charge in [-0.2, -0.15) is 0 Å². The third-order valence-corrected chi connectivity index (χ3v) is 12.4. The number of esters is 3. The highest BCUT2D eigenvalue weighted by atomic mass is 16.6. The van der Waals surface area contributed by atoms with Gasteiger partial charge in [-0.15, -0.1) is 0 Å². The zero-order valence-corrected chi connectivity index (χ0v) is 45.3. The normalized spacial score (nSPS) is 12.7. The number of rotatable bonds is 52. The van der Waals surface area contributed by atoms with E-state index in [-0.39, 0.29) is 31.1 Å². The van der Waals surface area contributed by atoms with Gasteiger partial charge in [-0.3, -0.25) is 14.4 Å². The number of ether oxygens (including phenoxy) is 3. The molecule has 0 aliphatic rings. The van der Waals surface area contributed by atoms with E-state index in [9.17, 15) is 14.4 Å². The minimum absolute atomic E-state index is 0.0857. The SMILES string of the molecule is CC/C=C\C/C=C\C/C=C\CCCCCCCCCC(=O)OCC(COC(=O)CCCCCCCCC/C=C\CCCCCCCC)OC(=O)CCCCCCCCC/C=C\C/C=C\C/C=C\CC. The van der Waals surface area contributed by atoms with E-state index >= 15 is 0 Å². The van der Waals surface area contributed by atoms with E-state index in [0.29, 0.717) is 19.3 Å². The molecule has 0 amide bonds. The first-order valence-electron chi connectivity index (χ1n) is 29.1. The van der Waals surface area contributed by atoms with Gasteiger partial charge < -0.3 is 14.2 Å². The molecule has 1 unspecified atom stereocenters. The zero-order valence-electron chi connectivity index (χ0n) is 45.3. The second-order valence-corrected chi connectivity index (χ2v) is 19.1. The maximum atomic E-state index is 12.9. The summed E-state index contributed by atoms with van der Waals surface area (Å²) in [7, 11) is 0. The van der Waals surface area contributed by atoms with Crippen LogP contribution in [0.25, 0.3) is 0 Å². The Hall–Kier alpha value is -3.41. The molecule has 0 rings (SSSR count). The summed E-state index contributed by atoms with van der Waals surface area (Å²) in [5, 5.41) is 0. The highest BCUT2D eigenvalue weighted by molar-refractivity contribution is 5.71. The summed E-state index contributed by atoms with van der Waals surface area (Å²) in [6.45, 7) is 6.41. The van der Waals surface area contributed by atoms with Gasteiger partial charge in [0, 0.05) is 19.3 Å². The Labute approximate surface area is 426 Å². The van der Waals surface area contributed by atoms with E-state index < -0.39 is 6.10 Å². The molecule has 0 aromatic rings. The van der Waals surface area contributed by atoms with Crippen molar-refractivity contribution in [2.75, 3.05) is 13.2 Å². The lowest BCUT2D eigenvalue weighted by Gasteiger charge is -2.18. The van der Waals surface area contributed by atoms with Crippen LogP contribution in [0, 0.1) is 0 Å². The van der Waals surface area contributed by atoms with E-state index in [1.807, 2.05) is 0 Å². The molecule has 0 aromatic heterocycles. The third kappa shape index (κ3) is 55.4. The average molecular weight is 962 g/mol. The van der Waals surface area contributed by atoms with Gasteiger partial charge in [0.05, 0.1) is 0 Å². The topological polar surface area (TPSA) is 78.9 Å². The molecule has 0 aliphatic heterocycles. The van der Waals surface area contributed by atoms with Gasteiger partial charge in [-0.1, -0.05) is 234 Å². The van der Waals surface area contributed by atoms with Crippen molar-refractivity contribution in [1.82, 2.24) is 0 Å². The van der Waals surface area contributed by atoms with Gasteiger partial charge in [-0.05, 0) is 109 Å². The molecule has 396 valence electrons. The van der Waals surface area contributed by atoms with Gasteiger partial charge in [0.25, 0.3) is 0 Å². The lowest BCUT2D eigenvalue weighted by Crippen LogP contribution is -2.30. The number of hydrogen-bond donors (Lipinski definition) is 0. The van der Waals surface area contributed by atoms with E-state index in [1.54, 1.807) is 0 Å². The Balaban J connectivity index is 4.42. The van der Waals surface area contributed by atoms with Crippen molar-refractivity contribution in [2.24, 2.45) is 0 Å². The van der Waals surface area contributed by atoms with Crippen LogP contribution in [0.2, 0.25) is 0 Å². The summed E-state index contributed by atoms with van der Waals surface area (Å²) in [4.78, 5) is 38.2. The second-order valence-electron chi connectivity index (χ2n) is 19.1. The van der Waals surface area contributed by atoms with E-state index in [1.165, 1.54) is 128 Å². The Morgan fingerprint density at radius 2 is 0.565 bits per heavy atom. The van der Waals surface area contributed by atoms with Crippen molar-refractivity contribution in [3.05, 3.63) is 85.1 Å². The predicted octanol–water partition coefficient (Wildman–Crippen LogP) is 19.5. The highest BCUT2D eigenvalue weighted by Crippen LogP contribution is 2.15. The highest BCUT2D eigenvalue weighted by Gasteiger charge is 2.19. The van der Waals surface area contributed by atoms with Crippen molar-refractivity contribution in [3.63, 3.8) is 0 Å². The molecule has 0 radical (unpaired) electrons. The number of unbranched alkanes of at least 4 members (excludes halogenated alkanes) is 27. The largest absolute Gasteiger partial charge is 0.462 e. The molecule has 0 saturated carbocycles. The van der Waals surface area contributed by atoms with Crippen LogP contribution in [0.1, 0.15) is 278 Å². The Kier molecular flexibility index (Phi) is 54.3. The molecule has 0 spiro atoms. The van der Waals surface area contributed by atoms with Crippen molar-refractivity contribution in [3.8, 4) is 0 Å². The molecular formula is C63H108O6. The first kappa shape index (κ1) is 65.6. The van der Waals surface area contributed by atoms with Gasteiger partial charge in [0.15, 0.2) is 6.10 Å². The van der Waals surface area contributed by atoms with Crippen molar-refractivity contribution in [1.29, 1.82) is 0 Å². The molecule has 6 nitrogen and oxygen atoms in total. The average Bonchev–Trinajstić information content (AvgIpc) is 3.35. The van der Waals surface area contributed by atoms with Crippen LogP contribution in [0.5, 0.6) is 0 Å². The van der Waals surface area contributed by atoms with Gasteiger partial charge >= 0.3 is 17.9 Å². The van der Waals surface area contributed by atoms with Crippen LogP contribution in [-0.2, 0) is 28.6 Å². The minimum atomic E-state index is -0.789. The van der Waals surface area contributed by atoms with Crippen LogP contribution in [0.3, 0.4) is 0 Å². The van der Waals surface area contributed by atoms with Crippen LogP contribution in [0.15, 0.2) is 85.1 Å². The summed E-state index contributed by atoms with van der Waals surface area (Å²) in [6, 6.07) is 0. The molecule has 0 fully saturated rings. The maximum absolute atomic E-state index is 12.9. The summed E-state index contributed by atoms with van der Waals surface area (Å²) in [5.74, 6) is -0.903. The van der Waals surface area contributed by atoms with Gasteiger partial charge in [-0.25, -0.2) is 0 Å². The Morgan fingerprint density at radius 1 is 0.304 bits per heavy atom. The number of hydrogen-bond acceptors (Lipinski definition) is 6. The number of carbonyl (C=O) groups excluding carboxylic acids is 3. The molecule has 0 bridgehead atoms. The second kappa shape index (κ2) is 57.2. The maximum Gasteiger partial charge on any atom is 0.306 e. The van der Waals surface area contributed by atoms with Gasteiger partial charge in [0.1, 0.15) is 13.2 Å². The van der Waals surface area contributed by atoms with Crippen LogP contribution < -0.4 is 0 Å². The summed E-state index contributed by atoms with van der Waals surface area (Å²) in [6.07, 6.45) is 74.2. The van der Waals surface area contributed by atoms with E-state index in [0.717, 1.165) is 109 Å². The quantitative estimate of drug-likeness (QED) is 0.0262. The van der Waals surface area contributed by atoms with Crippen LogP contribution in [-0.4, -0.2) is 37.2 Å². The smallest absolute Gasteiger partial charge is 0.306 e. The fraction of sp³-hybridized carbons (Fsp3) is 0.730. The van der Waals surface area contributed by atoms with Crippen LogP contribution >= 0.6 is 0 Å². The van der Waals surface area contributed by atoms with Crippen molar-refractivity contribution >= 4 is 17.9 Å². The van der Waals surface area contributed by atoms with E-state index in [4.69, 9.17) is 14.2 Å². The van der Waals surface area contributed by atoms with E-state index in [2.05, 4.69) is 106 Å². The molecule has 0 N–H and O–H groups in total. The van der Waals surface area contributed by atoms with Crippen molar-refractivity contribution < 1.29 is 28.6 Å². The monoisotopic (exact) mass is 961 g/mol. The third-order valence-electron chi connectivity index (χ3n) is 12.4. The molecule has 6 heteroatoms. The Morgan fingerprint density at radius 3 is 0.899 bits per heavy atom. The molecule has 0 heterocycles. The molecule has 69 heavy (non-hydrogen) atoms. The number of carbonyl (C=O) groups is 3. The fourth-order valence-corrected chi connectivity index (χ4v) is 8.05. The number of allylic oxidation sites excluding steroid dienone is 14. The molecule has 0 aromatic carbocycles. The van der Waals surface area contributed by atoms with Gasteiger partial charge in [0.2, 0.25) is 0 Å². The lowest BCUT2D eigenvalue weighted by molar-refractivity contribution is -0.167. The van der Waals surface area contributed by atoms with Crippen molar-refractivity contribution in [2.45, 2.75) is 284 Å². The minimum Gasteiger partial charge on any atom is -0.462 e. The fourth-order valence-electron chi connectivity index (χ4n) is 8.05. The first-order valence-corrected chi connectivity index (χ1v) is 29.1. The molecule has 1 atom stereocenters. The lowest BCUT2D eigenvalue weighted by atomic mass is 10.1. The first-order chi connectivity index (χ1) is 34.0. The molecule has 0 aliphatic carbocycles. The Bertz CT molecular complexity index is 1330. The summed E-state index contributed by atoms with van der Waals surface area (Å²) in [5.41, 5.74) is 0.